The van der Waals surface area contributed by atoms with Crippen LogP contribution in [0.25, 0.3) is 10.9 Å². The average Bonchev–Trinajstić information content (AvgIpc) is 2.25. The summed E-state index contributed by atoms with van der Waals surface area (Å²) in [6.45, 7) is 5.29. The lowest BCUT2D eigenvalue weighted by Gasteiger charge is -2.19. The van der Waals surface area contributed by atoms with Gasteiger partial charge in [-0.15, -0.1) is 0 Å². The van der Waals surface area contributed by atoms with Crippen molar-refractivity contribution < 1.29 is 9.53 Å². The first-order valence-electron chi connectivity index (χ1n) is 5.72. The topological polar surface area (TPSA) is 59.2 Å². The van der Waals surface area contributed by atoms with Crippen LogP contribution in [-0.4, -0.2) is 16.6 Å². The molecule has 1 aromatic heterocycles. The molecule has 0 aliphatic carbocycles. The molecule has 0 amide bonds. The minimum atomic E-state index is -0.616. The molecule has 18 heavy (non-hydrogen) atoms. The van der Waals surface area contributed by atoms with Gasteiger partial charge in [-0.2, -0.15) is 0 Å². The molecule has 2 aromatic rings. The highest BCUT2D eigenvalue weighted by Crippen LogP contribution is 2.13. The number of pyridine rings is 1. The van der Waals surface area contributed by atoms with Crippen molar-refractivity contribution in [1.82, 2.24) is 4.98 Å². The zero-order valence-corrected chi connectivity index (χ0v) is 10.6. The summed E-state index contributed by atoms with van der Waals surface area (Å²) in [6, 6.07) is 8.85. The van der Waals surface area contributed by atoms with Crippen molar-refractivity contribution in [3.8, 4) is 0 Å². The van der Waals surface area contributed by atoms with E-state index in [-0.39, 0.29) is 5.56 Å². The van der Waals surface area contributed by atoms with Crippen molar-refractivity contribution in [3.63, 3.8) is 0 Å². The number of ether oxygens (including phenoxy) is 1. The van der Waals surface area contributed by atoms with E-state index in [1.54, 1.807) is 32.9 Å². The molecule has 0 aliphatic heterocycles. The van der Waals surface area contributed by atoms with Crippen LogP contribution in [0.2, 0.25) is 0 Å². The van der Waals surface area contributed by atoms with E-state index in [0.29, 0.717) is 5.52 Å². The molecular formula is C14H15NO3. The van der Waals surface area contributed by atoms with E-state index in [0.717, 1.165) is 5.39 Å². The highest BCUT2D eigenvalue weighted by Gasteiger charge is 2.20. The molecular weight excluding hydrogens is 230 g/mol. The Morgan fingerprint density at radius 2 is 1.89 bits per heavy atom. The number of hydrogen-bond acceptors (Lipinski definition) is 3. The fraction of sp³-hybridized carbons (Fsp3) is 0.286. The predicted molar refractivity (Wildman–Crippen MR) is 69.7 cm³/mol. The molecule has 0 spiro atoms. The predicted octanol–water partition coefficient (Wildman–Crippen LogP) is 2.48. The molecule has 1 N–H and O–H groups in total. The van der Waals surface area contributed by atoms with Crippen LogP contribution in [0.3, 0.4) is 0 Å². The molecule has 2 rings (SSSR count). The number of carbonyl (C=O) groups is 1. The van der Waals surface area contributed by atoms with Crippen LogP contribution < -0.4 is 5.56 Å². The van der Waals surface area contributed by atoms with Crippen LogP contribution in [0.15, 0.2) is 35.1 Å². The maximum atomic E-state index is 11.9. The molecule has 94 valence electrons. The molecule has 0 saturated carbocycles. The second-order valence-corrected chi connectivity index (χ2v) is 5.10. The number of nitrogens with one attached hydrogen (secondary N) is 1. The first kappa shape index (κ1) is 12.4. The third kappa shape index (κ3) is 2.59. The third-order valence-corrected chi connectivity index (χ3v) is 2.37. The average molecular weight is 245 g/mol. The highest BCUT2D eigenvalue weighted by atomic mass is 16.6. The van der Waals surface area contributed by atoms with Gasteiger partial charge in [-0.3, -0.25) is 4.79 Å². The number of aromatic nitrogens is 1. The SMILES string of the molecule is CC(C)(C)OC(=O)c1cc2ccccc2[nH]c1=O. The lowest BCUT2D eigenvalue weighted by atomic mass is 10.1. The van der Waals surface area contributed by atoms with Crippen LogP contribution in [0.5, 0.6) is 0 Å². The molecule has 4 nitrogen and oxygen atoms in total. The Morgan fingerprint density at radius 3 is 2.56 bits per heavy atom. The number of fused-ring (bicyclic) bond motifs is 1. The van der Waals surface area contributed by atoms with Gasteiger partial charge < -0.3 is 9.72 Å². The number of carbonyl (C=O) groups excluding carboxylic acids is 1. The standard InChI is InChI=1S/C14H15NO3/c1-14(2,3)18-13(17)10-8-9-6-4-5-7-11(9)15-12(10)16/h4-8H,1-3H3,(H,15,16). The van der Waals surface area contributed by atoms with Gasteiger partial charge in [0.05, 0.1) is 0 Å². The van der Waals surface area contributed by atoms with Gasteiger partial charge in [-0.1, -0.05) is 18.2 Å². The lowest BCUT2D eigenvalue weighted by Crippen LogP contribution is -2.28. The maximum absolute atomic E-state index is 11.9. The molecule has 4 heteroatoms. The number of hydrogen-bond donors (Lipinski definition) is 1. The largest absolute Gasteiger partial charge is 0.456 e. The number of para-hydroxylation sites is 1. The number of benzene rings is 1. The smallest absolute Gasteiger partial charge is 0.344 e. The van der Waals surface area contributed by atoms with Gasteiger partial charge in [0, 0.05) is 5.52 Å². The summed E-state index contributed by atoms with van der Waals surface area (Å²) in [5.74, 6) is -0.602. The van der Waals surface area contributed by atoms with Gasteiger partial charge in [0.25, 0.3) is 5.56 Å². The number of aromatic amines is 1. The number of rotatable bonds is 1. The Morgan fingerprint density at radius 1 is 1.22 bits per heavy atom. The van der Waals surface area contributed by atoms with Gasteiger partial charge in [0.1, 0.15) is 11.2 Å². The van der Waals surface area contributed by atoms with E-state index in [2.05, 4.69) is 4.98 Å². The van der Waals surface area contributed by atoms with E-state index in [1.807, 2.05) is 18.2 Å². The highest BCUT2D eigenvalue weighted by molar-refractivity contribution is 5.93. The van der Waals surface area contributed by atoms with Crippen LogP contribution >= 0.6 is 0 Å². The van der Waals surface area contributed by atoms with Crippen LogP contribution in [-0.2, 0) is 4.74 Å². The summed E-state index contributed by atoms with van der Waals surface area (Å²) in [5.41, 5.74) is -0.309. The van der Waals surface area contributed by atoms with Crippen molar-refractivity contribution in [2.24, 2.45) is 0 Å². The van der Waals surface area contributed by atoms with Gasteiger partial charge in [-0.25, -0.2) is 4.79 Å². The molecule has 0 radical (unpaired) electrons. The van der Waals surface area contributed by atoms with Gasteiger partial charge in [0.2, 0.25) is 0 Å². The van der Waals surface area contributed by atoms with Crippen molar-refractivity contribution in [1.29, 1.82) is 0 Å². The Kier molecular flexibility index (Phi) is 2.95. The van der Waals surface area contributed by atoms with E-state index >= 15 is 0 Å². The van der Waals surface area contributed by atoms with Gasteiger partial charge in [-0.05, 0) is 38.3 Å². The normalized spacial score (nSPS) is 11.5. The van der Waals surface area contributed by atoms with Crippen LogP contribution in [0, 0.1) is 0 Å². The summed E-state index contributed by atoms with van der Waals surface area (Å²) < 4.78 is 5.19. The van der Waals surface area contributed by atoms with Crippen molar-refractivity contribution >= 4 is 16.9 Å². The molecule has 0 unspecified atom stereocenters. The summed E-state index contributed by atoms with van der Waals surface area (Å²) in [6.07, 6.45) is 0. The van der Waals surface area contributed by atoms with Gasteiger partial charge >= 0.3 is 5.97 Å². The lowest BCUT2D eigenvalue weighted by molar-refractivity contribution is 0.00678. The summed E-state index contributed by atoms with van der Waals surface area (Å²) in [4.78, 5) is 26.4. The molecule has 0 bridgehead atoms. The molecule has 0 aliphatic rings. The minimum absolute atomic E-state index is 0.0311. The first-order chi connectivity index (χ1) is 8.37. The molecule has 0 atom stereocenters. The second kappa shape index (κ2) is 4.29. The maximum Gasteiger partial charge on any atom is 0.344 e. The zero-order valence-electron chi connectivity index (χ0n) is 10.6. The molecule has 0 saturated heterocycles. The summed E-state index contributed by atoms with van der Waals surface area (Å²) >= 11 is 0. The van der Waals surface area contributed by atoms with E-state index in [1.165, 1.54) is 0 Å². The van der Waals surface area contributed by atoms with E-state index in [4.69, 9.17) is 4.74 Å². The van der Waals surface area contributed by atoms with E-state index in [9.17, 15) is 9.59 Å². The fourth-order valence-corrected chi connectivity index (χ4v) is 1.63. The second-order valence-electron chi connectivity index (χ2n) is 5.10. The van der Waals surface area contributed by atoms with Crippen molar-refractivity contribution in [2.45, 2.75) is 26.4 Å². The number of esters is 1. The van der Waals surface area contributed by atoms with Crippen LogP contribution in [0.4, 0.5) is 0 Å². The molecule has 0 fully saturated rings. The first-order valence-corrected chi connectivity index (χ1v) is 5.72. The molecule has 1 heterocycles. The third-order valence-electron chi connectivity index (χ3n) is 2.37. The van der Waals surface area contributed by atoms with Crippen molar-refractivity contribution in [2.75, 3.05) is 0 Å². The fourth-order valence-electron chi connectivity index (χ4n) is 1.63. The monoisotopic (exact) mass is 245 g/mol. The minimum Gasteiger partial charge on any atom is -0.456 e. The summed E-state index contributed by atoms with van der Waals surface area (Å²) in [7, 11) is 0. The van der Waals surface area contributed by atoms with Gasteiger partial charge in [0.15, 0.2) is 0 Å². The van der Waals surface area contributed by atoms with E-state index < -0.39 is 17.1 Å². The number of H-pyrrole nitrogens is 1. The Bertz CT molecular complexity index is 650. The van der Waals surface area contributed by atoms with Crippen molar-refractivity contribution in [3.05, 3.63) is 46.2 Å². The summed E-state index contributed by atoms with van der Waals surface area (Å²) in [5, 5.41) is 0.804. The molecule has 1 aromatic carbocycles. The Labute approximate surface area is 105 Å². The Hall–Kier alpha value is -2.10. The zero-order chi connectivity index (χ0) is 13.3. The Balaban J connectivity index is 2.48. The van der Waals surface area contributed by atoms with Crippen LogP contribution in [0.1, 0.15) is 31.1 Å². The quantitative estimate of drug-likeness (QED) is 0.785.